The number of carbonyl (C=O) groups excluding carboxylic acids is 1. The highest BCUT2D eigenvalue weighted by atomic mass is 16.5. The van der Waals surface area contributed by atoms with E-state index < -0.39 is 0 Å². The summed E-state index contributed by atoms with van der Waals surface area (Å²) in [4.78, 5) is 25.1. The molecule has 0 unspecified atom stereocenters. The van der Waals surface area contributed by atoms with Gasteiger partial charge in [0, 0.05) is 31.5 Å². The van der Waals surface area contributed by atoms with Gasteiger partial charge in [-0.15, -0.1) is 0 Å². The average Bonchev–Trinajstić information content (AvgIpc) is 3.04. The summed E-state index contributed by atoms with van der Waals surface area (Å²) in [7, 11) is 1.72. The van der Waals surface area contributed by atoms with Gasteiger partial charge < -0.3 is 14.6 Å². The van der Waals surface area contributed by atoms with Gasteiger partial charge in [0.15, 0.2) is 11.4 Å². The van der Waals surface area contributed by atoms with Crippen LogP contribution < -0.4 is 15.5 Å². The third-order valence-corrected chi connectivity index (χ3v) is 4.85. The molecule has 0 radical (unpaired) electrons. The first-order valence-corrected chi connectivity index (χ1v) is 9.62. The van der Waals surface area contributed by atoms with E-state index in [2.05, 4.69) is 15.5 Å². The predicted molar refractivity (Wildman–Crippen MR) is 111 cm³/mol. The number of aryl methyl sites for hydroxylation is 3. The molecule has 1 aromatic carbocycles. The van der Waals surface area contributed by atoms with E-state index in [1.54, 1.807) is 17.8 Å². The van der Waals surface area contributed by atoms with E-state index in [4.69, 9.17) is 4.74 Å². The van der Waals surface area contributed by atoms with Gasteiger partial charge in [-0.25, -0.2) is 0 Å². The van der Waals surface area contributed by atoms with Gasteiger partial charge in [0.1, 0.15) is 6.61 Å². The summed E-state index contributed by atoms with van der Waals surface area (Å²) in [6.07, 6.45) is 3.16. The average molecular weight is 394 g/mol. The first kappa shape index (κ1) is 20.4. The van der Waals surface area contributed by atoms with E-state index >= 15 is 0 Å². The molecule has 0 saturated heterocycles. The number of rotatable bonds is 8. The van der Waals surface area contributed by atoms with E-state index in [9.17, 15) is 9.59 Å². The Morgan fingerprint density at radius 1 is 1.21 bits per heavy atom. The molecule has 0 bridgehead atoms. The Hall–Kier alpha value is -3.35. The maximum Gasteiger partial charge on any atom is 0.271 e. The van der Waals surface area contributed by atoms with Gasteiger partial charge in [0.25, 0.3) is 5.91 Å². The number of hydrogen-bond donors (Lipinski definition) is 2. The number of aromatic nitrogens is 3. The van der Waals surface area contributed by atoms with Gasteiger partial charge in [0.2, 0.25) is 5.43 Å². The van der Waals surface area contributed by atoms with Gasteiger partial charge in [-0.1, -0.05) is 30.3 Å². The quantitative estimate of drug-likeness (QED) is 0.575. The van der Waals surface area contributed by atoms with Crippen LogP contribution in [0.15, 0.2) is 47.4 Å². The van der Waals surface area contributed by atoms with Gasteiger partial charge >= 0.3 is 0 Å². The van der Waals surface area contributed by atoms with Crippen LogP contribution in [0.2, 0.25) is 0 Å². The number of hydrogen-bond acceptors (Lipinski definition) is 4. The monoisotopic (exact) mass is 394 g/mol. The van der Waals surface area contributed by atoms with E-state index in [0.717, 1.165) is 29.8 Å². The molecule has 0 saturated carbocycles. The van der Waals surface area contributed by atoms with Gasteiger partial charge in [-0.05, 0) is 37.8 Å². The predicted octanol–water partition coefficient (Wildman–Crippen LogP) is 2.67. The van der Waals surface area contributed by atoms with E-state index in [1.807, 2.05) is 44.2 Å². The highest BCUT2D eigenvalue weighted by Gasteiger charge is 2.19. The molecule has 0 aliphatic heterocycles. The summed E-state index contributed by atoms with van der Waals surface area (Å²) in [5.74, 6) is -0.258. The molecular formula is C22H26N4O3. The number of benzene rings is 1. The Morgan fingerprint density at radius 2 is 1.97 bits per heavy atom. The minimum absolute atomic E-state index is 0.0675. The van der Waals surface area contributed by atoms with Crippen molar-refractivity contribution in [2.45, 2.75) is 33.3 Å². The largest absolute Gasteiger partial charge is 0.483 e. The summed E-state index contributed by atoms with van der Waals surface area (Å²) >= 11 is 0. The molecule has 0 atom stereocenters. The van der Waals surface area contributed by atoms with Crippen LogP contribution in [-0.4, -0.2) is 27.2 Å². The fourth-order valence-electron chi connectivity index (χ4n) is 3.23. The number of ether oxygens (including phenoxy) is 1. The van der Waals surface area contributed by atoms with Crippen molar-refractivity contribution in [1.82, 2.24) is 20.1 Å². The number of aromatic amines is 1. The van der Waals surface area contributed by atoms with E-state index in [1.165, 1.54) is 11.6 Å². The molecular weight excluding hydrogens is 368 g/mol. The normalized spacial score (nSPS) is 10.7. The van der Waals surface area contributed by atoms with Crippen molar-refractivity contribution in [1.29, 1.82) is 0 Å². The molecule has 0 fully saturated rings. The van der Waals surface area contributed by atoms with Gasteiger partial charge in [-0.3, -0.25) is 14.7 Å². The maximum atomic E-state index is 12.8. The van der Waals surface area contributed by atoms with E-state index in [0.29, 0.717) is 6.54 Å². The Bertz CT molecular complexity index is 1020. The molecule has 2 heterocycles. The molecule has 0 aliphatic carbocycles. The highest BCUT2D eigenvalue weighted by Crippen LogP contribution is 2.15. The summed E-state index contributed by atoms with van der Waals surface area (Å²) in [5.41, 5.74) is 4.05. The van der Waals surface area contributed by atoms with Gasteiger partial charge in [0.05, 0.1) is 5.69 Å². The third-order valence-electron chi connectivity index (χ3n) is 4.85. The summed E-state index contributed by atoms with van der Waals surface area (Å²) < 4.78 is 7.36. The van der Waals surface area contributed by atoms with Crippen LogP contribution in [0.25, 0.3) is 0 Å². The molecule has 3 rings (SSSR count). The summed E-state index contributed by atoms with van der Waals surface area (Å²) in [6.45, 7) is 4.67. The molecule has 29 heavy (non-hydrogen) atoms. The van der Waals surface area contributed by atoms with Crippen LogP contribution in [0, 0.1) is 13.8 Å². The zero-order valence-corrected chi connectivity index (χ0v) is 17.0. The Morgan fingerprint density at radius 3 is 2.66 bits per heavy atom. The fraction of sp³-hybridized carbons (Fsp3) is 0.318. The number of nitrogens with one attached hydrogen (secondary N) is 2. The molecule has 3 aromatic rings. The Labute approximate surface area is 169 Å². The molecule has 0 aliphatic rings. The van der Waals surface area contributed by atoms with Crippen LogP contribution in [0.5, 0.6) is 5.75 Å². The minimum Gasteiger partial charge on any atom is -0.483 e. The lowest BCUT2D eigenvalue weighted by molar-refractivity contribution is 0.0938. The third kappa shape index (κ3) is 4.93. The molecule has 7 nitrogen and oxygen atoms in total. The molecule has 1 amide bonds. The molecule has 152 valence electrons. The highest BCUT2D eigenvalue weighted by molar-refractivity contribution is 5.95. The molecule has 7 heteroatoms. The van der Waals surface area contributed by atoms with Gasteiger partial charge in [-0.2, -0.15) is 5.10 Å². The maximum absolute atomic E-state index is 12.8. The zero-order chi connectivity index (χ0) is 20.8. The summed E-state index contributed by atoms with van der Waals surface area (Å²) in [6, 6.07) is 10.9. The topological polar surface area (TPSA) is 89.0 Å². The number of H-pyrrole nitrogens is 1. The number of amides is 1. The minimum atomic E-state index is -0.325. The first-order chi connectivity index (χ1) is 14.0. The van der Waals surface area contributed by atoms with Crippen molar-refractivity contribution in [3.05, 3.63) is 81.0 Å². The number of pyridine rings is 1. The zero-order valence-electron chi connectivity index (χ0n) is 17.0. The van der Waals surface area contributed by atoms with Crippen molar-refractivity contribution in [2.24, 2.45) is 7.05 Å². The second-order valence-electron chi connectivity index (χ2n) is 7.01. The van der Waals surface area contributed by atoms with Crippen LogP contribution >= 0.6 is 0 Å². The van der Waals surface area contributed by atoms with Crippen LogP contribution in [0.4, 0.5) is 0 Å². The lowest BCUT2D eigenvalue weighted by atomic mass is 10.1. The number of nitrogens with zero attached hydrogens (tertiary/aromatic N) is 2. The van der Waals surface area contributed by atoms with E-state index in [-0.39, 0.29) is 29.4 Å². The molecule has 2 aromatic heterocycles. The Kier molecular flexibility index (Phi) is 6.49. The summed E-state index contributed by atoms with van der Waals surface area (Å²) in [5, 5.41) is 10.1. The van der Waals surface area contributed by atoms with Crippen LogP contribution in [-0.2, 0) is 20.1 Å². The molecule has 2 N–H and O–H groups in total. The SMILES string of the molecule is Cc1n[nH]c(C)c1CCCNC(=O)c1c(OCc2ccccc2)c(=O)ccn1C. The second kappa shape index (κ2) is 9.23. The van der Waals surface area contributed by atoms with Crippen molar-refractivity contribution in [2.75, 3.05) is 6.54 Å². The lowest BCUT2D eigenvalue weighted by Gasteiger charge is -2.14. The standard InChI is InChI=1S/C22H26N4O3/c1-15-18(16(2)25-24-15)10-7-12-23-22(28)20-21(19(27)11-13-26(20)3)29-14-17-8-5-4-6-9-17/h4-6,8-9,11,13H,7,10,12,14H2,1-3H3,(H,23,28)(H,24,25). The smallest absolute Gasteiger partial charge is 0.271 e. The van der Waals surface area contributed by atoms with Crippen molar-refractivity contribution in [3.63, 3.8) is 0 Å². The van der Waals surface area contributed by atoms with Crippen LogP contribution in [0.3, 0.4) is 0 Å². The number of carbonyl (C=O) groups is 1. The van der Waals surface area contributed by atoms with Crippen molar-refractivity contribution < 1.29 is 9.53 Å². The van der Waals surface area contributed by atoms with Crippen molar-refractivity contribution >= 4 is 5.91 Å². The first-order valence-electron chi connectivity index (χ1n) is 9.62. The lowest BCUT2D eigenvalue weighted by Crippen LogP contribution is -2.30. The second-order valence-corrected chi connectivity index (χ2v) is 7.01. The Balaban J connectivity index is 1.66. The fourth-order valence-corrected chi connectivity index (χ4v) is 3.23. The van der Waals surface area contributed by atoms with Crippen LogP contribution in [0.1, 0.15) is 39.4 Å². The van der Waals surface area contributed by atoms with Crippen molar-refractivity contribution in [3.8, 4) is 5.75 Å². The molecule has 0 spiro atoms.